The summed E-state index contributed by atoms with van der Waals surface area (Å²) < 4.78 is 12.7. The largest absolute Gasteiger partial charge is 0.494 e. The zero-order chi connectivity index (χ0) is 16.8. The minimum Gasteiger partial charge on any atom is -0.494 e. The molecule has 8 heteroatoms. The van der Waals surface area contributed by atoms with E-state index in [-0.39, 0.29) is 0 Å². The first-order valence-electron chi connectivity index (χ1n) is 7.21. The summed E-state index contributed by atoms with van der Waals surface area (Å²) >= 11 is 7.56. The molecule has 3 rings (SSSR count). The predicted molar refractivity (Wildman–Crippen MR) is 93.4 cm³/mol. The summed E-state index contributed by atoms with van der Waals surface area (Å²) in [6, 6.07) is 15.0. The highest BCUT2D eigenvalue weighted by Crippen LogP contribution is 2.26. The second-order valence-electron chi connectivity index (χ2n) is 4.67. The quantitative estimate of drug-likeness (QED) is 0.473. The van der Waals surface area contributed by atoms with Crippen LogP contribution >= 0.6 is 23.4 Å². The molecule has 0 bridgehead atoms. The van der Waals surface area contributed by atoms with Crippen LogP contribution in [-0.4, -0.2) is 39.7 Å². The van der Waals surface area contributed by atoms with Gasteiger partial charge in [0.1, 0.15) is 17.2 Å². The zero-order valence-electron chi connectivity index (χ0n) is 12.9. The minimum absolute atomic E-state index is 0.493. The fourth-order valence-corrected chi connectivity index (χ4v) is 2.96. The molecule has 124 valence electrons. The molecule has 0 saturated carbocycles. The number of para-hydroxylation sites is 3. The molecule has 0 fully saturated rings. The summed E-state index contributed by atoms with van der Waals surface area (Å²) in [5.41, 5.74) is 0.791. The van der Waals surface area contributed by atoms with Crippen molar-refractivity contribution in [3.63, 3.8) is 0 Å². The van der Waals surface area contributed by atoms with Crippen molar-refractivity contribution < 1.29 is 9.47 Å². The van der Waals surface area contributed by atoms with Gasteiger partial charge in [-0.1, -0.05) is 47.6 Å². The van der Waals surface area contributed by atoms with Gasteiger partial charge in [0.05, 0.1) is 18.7 Å². The molecule has 0 aliphatic carbocycles. The number of benzene rings is 2. The Labute approximate surface area is 148 Å². The Morgan fingerprint density at radius 1 is 1.08 bits per heavy atom. The third-order valence-electron chi connectivity index (χ3n) is 3.16. The van der Waals surface area contributed by atoms with E-state index in [1.54, 1.807) is 17.9 Å². The number of nitrogens with zero attached hydrogens (tertiary/aromatic N) is 4. The molecule has 0 saturated heterocycles. The lowest BCUT2D eigenvalue weighted by Crippen LogP contribution is -2.04. The van der Waals surface area contributed by atoms with Gasteiger partial charge >= 0.3 is 0 Å². The number of rotatable bonds is 7. The monoisotopic (exact) mass is 362 g/mol. The van der Waals surface area contributed by atoms with Gasteiger partial charge in [-0.3, -0.25) is 0 Å². The maximum atomic E-state index is 6.06. The van der Waals surface area contributed by atoms with Crippen LogP contribution in [0.1, 0.15) is 0 Å². The lowest BCUT2D eigenvalue weighted by atomic mass is 10.3. The lowest BCUT2D eigenvalue weighted by molar-refractivity contribution is 0.344. The van der Waals surface area contributed by atoms with E-state index >= 15 is 0 Å². The van der Waals surface area contributed by atoms with Gasteiger partial charge in [0.15, 0.2) is 0 Å². The fourth-order valence-electron chi connectivity index (χ4n) is 2.07. The summed E-state index contributed by atoms with van der Waals surface area (Å²) in [5, 5.41) is 13.1. The molecule has 6 nitrogen and oxygen atoms in total. The van der Waals surface area contributed by atoms with E-state index < -0.39 is 0 Å². The Hall–Kier alpha value is -2.25. The summed E-state index contributed by atoms with van der Waals surface area (Å²) in [5.74, 6) is 2.06. The Kier molecular flexibility index (Phi) is 5.55. The topological polar surface area (TPSA) is 62.1 Å². The van der Waals surface area contributed by atoms with Crippen LogP contribution in [0, 0.1) is 0 Å². The molecule has 2 aromatic carbocycles. The Morgan fingerprint density at radius 2 is 1.83 bits per heavy atom. The average Bonchev–Trinajstić information content (AvgIpc) is 3.08. The summed E-state index contributed by atoms with van der Waals surface area (Å²) in [6.07, 6.45) is 0. The van der Waals surface area contributed by atoms with Crippen molar-refractivity contribution in [1.82, 2.24) is 20.2 Å². The van der Waals surface area contributed by atoms with Crippen LogP contribution in [0.4, 0.5) is 0 Å². The number of ether oxygens (including phenoxy) is 2. The van der Waals surface area contributed by atoms with Gasteiger partial charge in [-0.2, -0.15) is 4.68 Å². The summed E-state index contributed by atoms with van der Waals surface area (Å²) in [4.78, 5) is 0. The van der Waals surface area contributed by atoms with Crippen molar-refractivity contribution in [1.29, 1.82) is 0 Å². The maximum absolute atomic E-state index is 6.06. The summed E-state index contributed by atoms with van der Waals surface area (Å²) in [6.45, 7) is 0.493. The van der Waals surface area contributed by atoms with Crippen LogP contribution in [-0.2, 0) is 0 Å². The first kappa shape index (κ1) is 16.6. The van der Waals surface area contributed by atoms with Crippen LogP contribution in [0.3, 0.4) is 0 Å². The molecule has 0 N–H and O–H groups in total. The molecule has 0 atom stereocenters. The van der Waals surface area contributed by atoms with Gasteiger partial charge in [-0.25, -0.2) is 0 Å². The van der Waals surface area contributed by atoms with Gasteiger partial charge in [0.2, 0.25) is 5.16 Å². The third-order valence-corrected chi connectivity index (χ3v) is 4.36. The van der Waals surface area contributed by atoms with Crippen LogP contribution < -0.4 is 9.47 Å². The van der Waals surface area contributed by atoms with Gasteiger partial charge in [-0.05, 0) is 34.7 Å². The Balaban J connectivity index is 1.63. The highest BCUT2D eigenvalue weighted by atomic mass is 35.5. The number of hydrogen-bond donors (Lipinski definition) is 0. The predicted octanol–water partition coefficient (Wildman–Crippen LogP) is 3.50. The van der Waals surface area contributed by atoms with Crippen LogP contribution in [0.15, 0.2) is 53.7 Å². The molecule has 24 heavy (non-hydrogen) atoms. The van der Waals surface area contributed by atoms with Gasteiger partial charge in [0, 0.05) is 5.75 Å². The third kappa shape index (κ3) is 3.80. The van der Waals surface area contributed by atoms with Crippen molar-refractivity contribution >= 4 is 23.4 Å². The van der Waals surface area contributed by atoms with E-state index in [1.807, 2.05) is 42.5 Å². The molecule has 1 heterocycles. The van der Waals surface area contributed by atoms with E-state index in [0.717, 1.165) is 5.69 Å². The maximum Gasteiger partial charge on any atom is 0.214 e. The Bertz CT molecular complexity index is 812. The molecular weight excluding hydrogens is 348 g/mol. The van der Waals surface area contributed by atoms with Crippen LogP contribution in [0.5, 0.6) is 11.5 Å². The lowest BCUT2D eigenvalue weighted by Gasteiger charge is -2.09. The molecule has 3 aromatic rings. The molecule has 0 unspecified atom stereocenters. The van der Waals surface area contributed by atoms with E-state index in [9.17, 15) is 0 Å². The molecule has 0 amide bonds. The fraction of sp³-hybridized carbons (Fsp3) is 0.188. The molecule has 0 radical (unpaired) electrons. The van der Waals surface area contributed by atoms with Crippen molar-refractivity contribution in [3.8, 4) is 17.2 Å². The number of methoxy groups -OCH3 is 1. The Morgan fingerprint density at radius 3 is 2.62 bits per heavy atom. The molecule has 1 aromatic heterocycles. The first-order valence-corrected chi connectivity index (χ1v) is 8.58. The molecule has 0 aliphatic heterocycles. The first-order chi connectivity index (χ1) is 11.8. The second kappa shape index (κ2) is 8.03. The molecular formula is C16H15ClN4O2S. The summed E-state index contributed by atoms with van der Waals surface area (Å²) in [7, 11) is 1.62. The number of halogens is 1. The van der Waals surface area contributed by atoms with Crippen LogP contribution in [0.25, 0.3) is 5.69 Å². The van der Waals surface area contributed by atoms with Crippen LogP contribution in [0.2, 0.25) is 5.02 Å². The number of hydrogen-bond acceptors (Lipinski definition) is 6. The molecule has 0 aliphatic rings. The number of tetrazole rings is 1. The minimum atomic E-state index is 0.493. The average molecular weight is 363 g/mol. The highest BCUT2D eigenvalue weighted by Gasteiger charge is 2.12. The van der Waals surface area contributed by atoms with E-state index in [2.05, 4.69) is 15.5 Å². The van der Waals surface area contributed by atoms with Gasteiger partial charge in [0.25, 0.3) is 0 Å². The standard InChI is InChI=1S/C16H15ClN4O2S/c1-22-15-9-5-3-7-13(15)21-16(18-19-20-21)24-11-10-23-14-8-4-2-6-12(14)17/h2-9H,10-11H2,1H3. The highest BCUT2D eigenvalue weighted by molar-refractivity contribution is 7.99. The number of thioether (sulfide) groups is 1. The van der Waals surface area contributed by atoms with E-state index in [1.165, 1.54) is 11.8 Å². The van der Waals surface area contributed by atoms with Crippen molar-refractivity contribution in [2.75, 3.05) is 19.5 Å². The van der Waals surface area contributed by atoms with Crippen molar-refractivity contribution in [3.05, 3.63) is 53.6 Å². The van der Waals surface area contributed by atoms with Gasteiger partial charge in [-0.15, -0.1) is 5.10 Å². The van der Waals surface area contributed by atoms with Crippen molar-refractivity contribution in [2.45, 2.75) is 5.16 Å². The zero-order valence-corrected chi connectivity index (χ0v) is 14.5. The van der Waals surface area contributed by atoms with E-state index in [4.69, 9.17) is 21.1 Å². The normalized spacial score (nSPS) is 10.6. The van der Waals surface area contributed by atoms with Gasteiger partial charge < -0.3 is 9.47 Å². The van der Waals surface area contributed by atoms with Crippen molar-refractivity contribution in [2.24, 2.45) is 0 Å². The number of aromatic nitrogens is 4. The second-order valence-corrected chi connectivity index (χ2v) is 6.14. The molecule has 0 spiro atoms. The smallest absolute Gasteiger partial charge is 0.214 e. The SMILES string of the molecule is COc1ccccc1-n1nnnc1SCCOc1ccccc1Cl. The van der Waals surface area contributed by atoms with E-state index in [0.29, 0.717) is 34.0 Å².